The van der Waals surface area contributed by atoms with Crippen molar-refractivity contribution in [3.8, 4) is 0 Å². The van der Waals surface area contributed by atoms with Crippen LogP contribution in [0.25, 0.3) is 0 Å². The summed E-state index contributed by atoms with van der Waals surface area (Å²) < 4.78 is 27.5. The molecule has 0 atom stereocenters. The molecule has 0 aliphatic heterocycles. The molecule has 1 N–H and O–H groups in total. The van der Waals surface area contributed by atoms with Crippen LogP contribution in [0.3, 0.4) is 0 Å². The smallest absolute Gasteiger partial charge is 0.264 e. The van der Waals surface area contributed by atoms with Gasteiger partial charge in [0, 0.05) is 10.6 Å². The number of hydrogen-bond acceptors (Lipinski definition) is 3. The van der Waals surface area contributed by atoms with Crippen LogP contribution in [0.4, 0.5) is 5.69 Å². The number of nitrogens with zero attached hydrogens (tertiary/aromatic N) is 1. The van der Waals surface area contributed by atoms with E-state index in [-0.39, 0.29) is 11.4 Å². The number of hydrogen-bond donors (Lipinski definition) is 1. The molecule has 0 aliphatic rings. The summed E-state index contributed by atoms with van der Waals surface area (Å²) in [6, 6.07) is 13.0. The van der Waals surface area contributed by atoms with Gasteiger partial charge in [0.05, 0.1) is 10.6 Å². The lowest BCUT2D eigenvalue weighted by atomic mass is 10.1. The fourth-order valence-corrected chi connectivity index (χ4v) is 4.12. The van der Waals surface area contributed by atoms with Crippen LogP contribution < -0.4 is 9.62 Å². The van der Waals surface area contributed by atoms with E-state index in [1.165, 1.54) is 12.1 Å². The van der Waals surface area contributed by atoms with Crippen molar-refractivity contribution in [2.75, 3.05) is 10.8 Å². The number of nitrogens with one attached hydrogen (secondary N) is 1. The largest absolute Gasteiger partial charge is 0.350 e. The van der Waals surface area contributed by atoms with Crippen LogP contribution in [-0.2, 0) is 14.8 Å². The minimum absolute atomic E-state index is 0.114. The van der Waals surface area contributed by atoms with Crippen LogP contribution in [0, 0.1) is 6.92 Å². The number of anilines is 1. The molecule has 2 rings (SSSR count). The van der Waals surface area contributed by atoms with Gasteiger partial charge in [0.15, 0.2) is 0 Å². The number of rotatable bonds is 5. The quantitative estimate of drug-likeness (QED) is 0.839. The number of benzene rings is 2. The van der Waals surface area contributed by atoms with Gasteiger partial charge in [-0.25, -0.2) is 8.42 Å². The number of sulfonamides is 1. The van der Waals surface area contributed by atoms with Gasteiger partial charge in [0.1, 0.15) is 6.54 Å². The highest BCUT2D eigenvalue weighted by atomic mass is 35.5. The highest BCUT2D eigenvalue weighted by molar-refractivity contribution is 7.92. The van der Waals surface area contributed by atoms with E-state index in [1.807, 2.05) is 20.8 Å². The zero-order valence-corrected chi connectivity index (χ0v) is 16.9. The summed E-state index contributed by atoms with van der Waals surface area (Å²) in [6.07, 6.45) is 0. The molecule has 0 heterocycles. The number of halogens is 1. The summed E-state index contributed by atoms with van der Waals surface area (Å²) in [6.45, 7) is 6.96. The Bertz CT molecular complexity index is 891. The van der Waals surface area contributed by atoms with Gasteiger partial charge in [-0.15, -0.1) is 0 Å². The van der Waals surface area contributed by atoms with Crippen molar-refractivity contribution in [1.82, 2.24) is 5.32 Å². The zero-order chi connectivity index (χ0) is 19.5. The van der Waals surface area contributed by atoms with E-state index in [9.17, 15) is 13.2 Å². The van der Waals surface area contributed by atoms with E-state index in [2.05, 4.69) is 5.32 Å². The number of aryl methyl sites for hydroxylation is 1. The molecule has 7 heteroatoms. The highest BCUT2D eigenvalue weighted by Crippen LogP contribution is 2.29. The molecule has 0 aliphatic carbocycles. The molecule has 0 fully saturated rings. The van der Waals surface area contributed by atoms with Gasteiger partial charge in [-0.3, -0.25) is 9.10 Å². The topological polar surface area (TPSA) is 66.5 Å². The summed E-state index contributed by atoms with van der Waals surface area (Å²) in [5.74, 6) is -0.392. The first kappa shape index (κ1) is 20.3. The molecule has 140 valence electrons. The molecule has 0 saturated carbocycles. The second-order valence-corrected chi connectivity index (χ2v) is 9.35. The Kier molecular flexibility index (Phi) is 5.98. The van der Waals surface area contributed by atoms with Gasteiger partial charge in [0.25, 0.3) is 10.0 Å². The molecule has 2 aromatic rings. The molecule has 5 nitrogen and oxygen atoms in total. The third-order valence-electron chi connectivity index (χ3n) is 3.57. The first-order valence-corrected chi connectivity index (χ1v) is 9.97. The van der Waals surface area contributed by atoms with Crippen LogP contribution in [-0.4, -0.2) is 26.4 Å². The lowest BCUT2D eigenvalue weighted by Gasteiger charge is -2.28. The minimum atomic E-state index is -3.93. The van der Waals surface area contributed by atoms with Gasteiger partial charge in [-0.2, -0.15) is 0 Å². The Labute approximate surface area is 160 Å². The van der Waals surface area contributed by atoms with Crippen LogP contribution >= 0.6 is 11.6 Å². The Balaban J connectivity index is 2.52. The van der Waals surface area contributed by atoms with Crippen LogP contribution in [0.5, 0.6) is 0 Å². The van der Waals surface area contributed by atoms with Crippen molar-refractivity contribution in [2.45, 2.75) is 38.1 Å². The van der Waals surface area contributed by atoms with E-state index < -0.39 is 21.5 Å². The summed E-state index contributed by atoms with van der Waals surface area (Å²) in [5, 5.41) is 3.20. The van der Waals surface area contributed by atoms with Gasteiger partial charge < -0.3 is 5.32 Å². The Hall–Kier alpha value is -2.05. The average molecular weight is 395 g/mol. The van der Waals surface area contributed by atoms with Crippen molar-refractivity contribution >= 4 is 33.2 Å². The SMILES string of the molecule is Cc1ccc(Cl)cc1N(CC(=O)NC(C)(C)C)S(=O)(=O)c1ccccc1. The number of carbonyl (C=O) groups is 1. The average Bonchev–Trinajstić information content (AvgIpc) is 2.54. The third kappa shape index (κ3) is 4.99. The Morgan fingerprint density at radius 2 is 1.73 bits per heavy atom. The molecular weight excluding hydrogens is 372 g/mol. The lowest BCUT2D eigenvalue weighted by molar-refractivity contribution is -0.121. The standard InChI is InChI=1S/C19H23ClN2O3S/c1-14-10-11-15(20)12-17(14)22(13-18(23)21-19(2,3)4)26(24,25)16-8-6-5-7-9-16/h5-12H,13H2,1-4H3,(H,21,23). The van der Waals surface area contributed by atoms with E-state index >= 15 is 0 Å². The molecule has 0 saturated heterocycles. The summed E-state index contributed by atoms with van der Waals surface area (Å²) in [5.41, 5.74) is 0.616. The highest BCUT2D eigenvalue weighted by Gasteiger charge is 2.29. The first-order valence-electron chi connectivity index (χ1n) is 8.16. The molecule has 2 aromatic carbocycles. The second-order valence-electron chi connectivity index (χ2n) is 7.05. The molecule has 0 radical (unpaired) electrons. The number of carbonyl (C=O) groups excluding carboxylic acids is 1. The van der Waals surface area contributed by atoms with Gasteiger partial charge in [0.2, 0.25) is 5.91 Å². The monoisotopic (exact) mass is 394 g/mol. The fraction of sp³-hybridized carbons (Fsp3) is 0.316. The van der Waals surface area contributed by atoms with E-state index in [1.54, 1.807) is 43.3 Å². The van der Waals surface area contributed by atoms with E-state index in [0.717, 1.165) is 4.31 Å². The van der Waals surface area contributed by atoms with Gasteiger partial charge in [-0.05, 0) is 57.5 Å². The maximum absolute atomic E-state index is 13.2. The summed E-state index contributed by atoms with van der Waals surface area (Å²) in [4.78, 5) is 12.6. The molecule has 26 heavy (non-hydrogen) atoms. The van der Waals surface area contributed by atoms with Crippen LogP contribution in [0.15, 0.2) is 53.4 Å². The zero-order valence-electron chi connectivity index (χ0n) is 15.3. The Morgan fingerprint density at radius 1 is 1.12 bits per heavy atom. The summed E-state index contributed by atoms with van der Waals surface area (Å²) >= 11 is 6.08. The molecule has 0 bridgehead atoms. The van der Waals surface area contributed by atoms with Crippen LogP contribution in [0.1, 0.15) is 26.3 Å². The maximum atomic E-state index is 13.2. The molecule has 0 spiro atoms. The van der Waals surface area contributed by atoms with E-state index in [0.29, 0.717) is 16.3 Å². The predicted molar refractivity (Wildman–Crippen MR) is 105 cm³/mol. The summed E-state index contributed by atoms with van der Waals surface area (Å²) in [7, 11) is -3.93. The van der Waals surface area contributed by atoms with Crippen molar-refractivity contribution in [3.63, 3.8) is 0 Å². The first-order chi connectivity index (χ1) is 12.0. The molecule has 1 amide bonds. The van der Waals surface area contributed by atoms with Gasteiger partial charge in [-0.1, -0.05) is 35.9 Å². The lowest BCUT2D eigenvalue weighted by Crippen LogP contribution is -2.47. The van der Waals surface area contributed by atoms with Crippen molar-refractivity contribution < 1.29 is 13.2 Å². The van der Waals surface area contributed by atoms with Crippen molar-refractivity contribution in [2.24, 2.45) is 0 Å². The van der Waals surface area contributed by atoms with Gasteiger partial charge >= 0.3 is 0 Å². The predicted octanol–water partition coefficient (Wildman–Crippen LogP) is 3.76. The molecule has 0 aromatic heterocycles. The number of amides is 1. The third-order valence-corrected chi connectivity index (χ3v) is 5.58. The molecular formula is C19H23ClN2O3S. The minimum Gasteiger partial charge on any atom is -0.350 e. The fourth-order valence-electron chi connectivity index (χ4n) is 2.46. The maximum Gasteiger partial charge on any atom is 0.264 e. The normalized spacial score (nSPS) is 11.9. The van der Waals surface area contributed by atoms with E-state index in [4.69, 9.17) is 11.6 Å². The van der Waals surface area contributed by atoms with Crippen LogP contribution in [0.2, 0.25) is 5.02 Å². The Morgan fingerprint density at radius 3 is 2.31 bits per heavy atom. The second kappa shape index (κ2) is 7.68. The van der Waals surface area contributed by atoms with Crippen molar-refractivity contribution in [3.05, 3.63) is 59.1 Å². The van der Waals surface area contributed by atoms with Crippen molar-refractivity contribution in [1.29, 1.82) is 0 Å². The molecule has 0 unspecified atom stereocenters.